The second-order valence-corrected chi connectivity index (χ2v) is 3.67. The van der Waals surface area contributed by atoms with E-state index in [1.54, 1.807) is 0 Å². The molecule has 52 valence electrons. The van der Waals surface area contributed by atoms with Crippen LogP contribution in [-0.4, -0.2) is 25.0 Å². The predicted octanol–water partition coefficient (Wildman–Crippen LogP) is 1.35. The van der Waals surface area contributed by atoms with Gasteiger partial charge in [-0.1, -0.05) is 6.42 Å². The van der Waals surface area contributed by atoms with Crippen LogP contribution in [0.25, 0.3) is 0 Å². The minimum Gasteiger partial charge on any atom is -0.306 e. The van der Waals surface area contributed by atoms with Gasteiger partial charge in [0.05, 0.1) is 0 Å². The second kappa shape index (κ2) is 1.98. The van der Waals surface area contributed by atoms with Crippen LogP contribution in [0.1, 0.15) is 19.3 Å². The van der Waals surface area contributed by atoms with E-state index in [4.69, 9.17) is 0 Å². The maximum atomic E-state index is 2.48. The molecule has 0 aromatic rings. The number of fused-ring (bicyclic) bond motifs is 1. The molecule has 2 rings (SSSR count). The van der Waals surface area contributed by atoms with E-state index in [2.05, 4.69) is 11.9 Å². The molecular formula is C8H15N. The van der Waals surface area contributed by atoms with E-state index in [1.807, 2.05) is 0 Å². The van der Waals surface area contributed by atoms with Crippen LogP contribution in [0.5, 0.6) is 0 Å². The summed E-state index contributed by atoms with van der Waals surface area (Å²) >= 11 is 0. The first-order valence-corrected chi connectivity index (χ1v) is 4.05. The third kappa shape index (κ3) is 0.877. The Labute approximate surface area is 57.0 Å². The Morgan fingerprint density at radius 2 is 1.67 bits per heavy atom. The zero-order valence-electron chi connectivity index (χ0n) is 6.14. The maximum absolute atomic E-state index is 2.48. The Balaban J connectivity index is 2.02. The van der Waals surface area contributed by atoms with E-state index in [9.17, 15) is 0 Å². The van der Waals surface area contributed by atoms with Crippen LogP contribution >= 0.6 is 0 Å². The van der Waals surface area contributed by atoms with Gasteiger partial charge in [0.15, 0.2) is 0 Å². The molecule has 1 aliphatic heterocycles. The number of likely N-dealkylation sites (tertiary alicyclic amines) is 1. The molecule has 0 bridgehead atoms. The molecule has 1 nitrogen and oxygen atoms in total. The summed E-state index contributed by atoms with van der Waals surface area (Å²) in [7, 11) is 2.25. The van der Waals surface area contributed by atoms with Crippen molar-refractivity contribution in [3.8, 4) is 0 Å². The summed E-state index contributed by atoms with van der Waals surface area (Å²) in [4.78, 5) is 2.48. The molecule has 1 unspecified atom stereocenters. The Morgan fingerprint density at radius 1 is 1.11 bits per heavy atom. The third-order valence-corrected chi connectivity index (χ3v) is 2.91. The third-order valence-electron chi connectivity index (χ3n) is 2.91. The summed E-state index contributed by atoms with van der Waals surface area (Å²) in [6, 6.07) is 0. The van der Waals surface area contributed by atoms with Gasteiger partial charge in [-0.3, -0.25) is 0 Å². The van der Waals surface area contributed by atoms with Crippen molar-refractivity contribution in [3.05, 3.63) is 0 Å². The summed E-state index contributed by atoms with van der Waals surface area (Å²) in [6.07, 6.45) is 4.52. The van der Waals surface area contributed by atoms with Gasteiger partial charge in [-0.05, 0) is 31.7 Å². The van der Waals surface area contributed by atoms with Gasteiger partial charge < -0.3 is 4.90 Å². The fraction of sp³-hybridized carbons (Fsp3) is 1.00. The number of nitrogens with zero attached hydrogens (tertiary/aromatic N) is 1. The van der Waals surface area contributed by atoms with Crippen molar-refractivity contribution in [2.75, 3.05) is 20.1 Å². The first-order chi connectivity index (χ1) is 4.36. The van der Waals surface area contributed by atoms with Gasteiger partial charge in [0.1, 0.15) is 0 Å². The van der Waals surface area contributed by atoms with Crippen LogP contribution in [0.3, 0.4) is 0 Å². The fourth-order valence-corrected chi connectivity index (χ4v) is 2.47. The minimum atomic E-state index is 1.08. The molecule has 0 spiro atoms. The largest absolute Gasteiger partial charge is 0.306 e. The molecule has 9 heavy (non-hydrogen) atoms. The predicted molar refractivity (Wildman–Crippen MR) is 38.3 cm³/mol. The van der Waals surface area contributed by atoms with E-state index in [0.717, 1.165) is 11.8 Å². The SMILES string of the molecule is CN1CC2CCC[C@@H]2C1. The second-order valence-electron chi connectivity index (χ2n) is 3.67. The molecule has 0 aromatic heterocycles. The first kappa shape index (κ1) is 5.72. The Morgan fingerprint density at radius 3 is 2.22 bits per heavy atom. The minimum absolute atomic E-state index is 1.08. The smallest absolute Gasteiger partial charge is 0.000985 e. The lowest BCUT2D eigenvalue weighted by Gasteiger charge is -2.06. The number of hydrogen-bond donors (Lipinski definition) is 0. The molecule has 1 aliphatic carbocycles. The van der Waals surface area contributed by atoms with Crippen LogP contribution < -0.4 is 0 Å². The van der Waals surface area contributed by atoms with Crippen molar-refractivity contribution < 1.29 is 0 Å². The Hall–Kier alpha value is -0.0400. The van der Waals surface area contributed by atoms with Gasteiger partial charge in [-0.25, -0.2) is 0 Å². The van der Waals surface area contributed by atoms with Crippen molar-refractivity contribution in [3.63, 3.8) is 0 Å². The lowest BCUT2D eigenvalue weighted by molar-refractivity contribution is 0.379. The van der Waals surface area contributed by atoms with E-state index >= 15 is 0 Å². The molecule has 1 heterocycles. The topological polar surface area (TPSA) is 3.24 Å². The molecule has 2 aliphatic rings. The van der Waals surface area contributed by atoms with Gasteiger partial charge in [0, 0.05) is 13.1 Å². The molecule has 1 saturated heterocycles. The van der Waals surface area contributed by atoms with Gasteiger partial charge >= 0.3 is 0 Å². The lowest BCUT2D eigenvalue weighted by Crippen LogP contribution is -2.14. The number of rotatable bonds is 0. The summed E-state index contributed by atoms with van der Waals surface area (Å²) in [5.41, 5.74) is 0. The molecule has 0 radical (unpaired) electrons. The van der Waals surface area contributed by atoms with Crippen molar-refractivity contribution in [1.82, 2.24) is 4.90 Å². The molecule has 1 saturated carbocycles. The summed E-state index contributed by atoms with van der Waals surface area (Å²) in [6.45, 7) is 2.76. The summed E-state index contributed by atoms with van der Waals surface area (Å²) in [5, 5.41) is 0. The van der Waals surface area contributed by atoms with Crippen LogP contribution in [0, 0.1) is 11.8 Å². The van der Waals surface area contributed by atoms with E-state index in [0.29, 0.717) is 0 Å². The van der Waals surface area contributed by atoms with Gasteiger partial charge in [0.25, 0.3) is 0 Å². The van der Waals surface area contributed by atoms with E-state index in [1.165, 1.54) is 32.4 Å². The molecule has 0 aromatic carbocycles. The normalized spacial score (nSPS) is 43.7. The van der Waals surface area contributed by atoms with Crippen molar-refractivity contribution in [2.45, 2.75) is 19.3 Å². The van der Waals surface area contributed by atoms with E-state index in [-0.39, 0.29) is 0 Å². The monoisotopic (exact) mass is 125 g/mol. The highest BCUT2D eigenvalue weighted by molar-refractivity contribution is 4.86. The average Bonchev–Trinajstić information content (AvgIpc) is 2.22. The molecule has 2 atom stereocenters. The fourth-order valence-electron chi connectivity index (χ4n) is 2.47. The quantitative estimate of drug-likeness (QED) is 0.472. The van der Waals surface area contributed by atoms with E-state index < -0.39 is 0 Å². The highest BCUT2D eigenvalue weighted by atomic mass is 15.1. The van der Waals surface area contributed by atoms with Crippen molar-refractivity contribution >= 4 is 0 Å². The van der Waals surface area contributed by atoms with Gasteiger partial charge in [-0.2, -0.15) is 0 Å². The summed E-state index contributed by atoms with van der Waals surface area (Å²) in [5.74, 6) is 2.16. The standard InChI is InChI=1S/C8H15N/c1-9-5-7-3-2-4-8(7)6-9/h7-8H,2-6H2,1H3/t7-,8?/m1/s1. The van der Waals surface area contributed by atoms with Gasteiger partial charge in [-0.15, -0.1) is 0 Å². The van der Waals surface area contributed by atoms with Crippen LogP contribution in [0.4, 0.5) is 0 Å². The Kier molecular flexibility index (Phi) is 1.26. The molecular weight excluding hydrogens is 110 g/mol. The Bertz CT molecular complexity index is 99.1. The first-order valence-electron chi connectivity index (χ1n) is 4.05. The van der Waals surface area contributed by atoms with Crippen molar-refractivity contribution in [2.24, 2.45) is 11.8 Å². The summed E-state index contributed by atoms with van der Waals surface area (Å²) < 4.78 is 0. The molecule has 1 heteroatoms. The zero-order chi connectivity index (χ0) is 6.27. The van der Waals surface area contributed by atoms with Crippen LogP contribution in [-0.2, 0) is 0 Å². The van der Waals surface area contributed by atoms with Crippen molar-refractivity contribution in [1.29, 1.82) is 0 Å². The highest BCUT2D eigenvalue weighted by Gasteiger charge is 2.33. The van der Waals surface area contributed by atoms with Gasteiger partial charge in [0.2, 0.25) is 0 Å². The average molecular weight is 125 g/mol. The number of hydrogen-bond acceptors (Lipinski definition) is 1. The maximum Gasteiger partial charge on any atom is 0.000985 e. The lowest BCUT2D eigenvalue weighted by atomic mass is 10.0. The highest BCUT2D eigenvalue weighted by Crippen LogP contribution is 2.36. The molecule has 2 fully saturated rings. The van der Waals surface area contributed by atoms with Crippen LogP contribution in [0.2, 0.25) is 0 Å². The molecule has 0 amide bonds. The van der Waals surface area contributed by atoms with Crippen LogP contribution in [0.15, 0.2) is 0 Å². The molecule has 0 N–H and O–H groups in total. The zero-order valence-corrected chi connectivity index (χ0v) is 6.14.